The number of carbonyl (C=O) groups is 1. The molecule has 1 amide bonds. The van der Waals surface area contributed by atoms with Gasteiger partial charge in [-0.3, -0.25) is 9.89 Å². The molecule has 0 aromatic heterocycles. The van der Waals surface area contributed by atoms with Crippen LogP contribution in [-0.2, 0) is 36.6 Å². The van der Waals surface area contributed by atoms with E-state index in [9.17, 15) is 4.79 Å². The third-order valence-corrected chi connectivity index (χ3v) is 14.7. The molecule has 0 aliphatic carbocycles. The first-order valence-electron chi connectivity index (χ1n) is 17.1. The summed E-state index contributed by atoms with van der Waals surface area (Å²) in [7, 11) is 1.16. The van der Waals surface area contributed by atoms with Crippen LogP contribution in [0.1, 0.15) is 66.0 Å². The molecule has 2 aromatic rings. The first kappa shape index (κ1) is 39.2. The average Bonchev–Trinajstić information content (AvgIpc) is 3.46. The fourth-order valence-corrected chi connectivity index (χ4v) is 7.44. The number of nitrogens with zero attached hydrogens (tertiary/aromatic N) is 2. The number of amides is 1. The smallest absolute Gasteiger partial charge is 0.416 e. The van der Waals surface area contributed by atoms with Gasteiger partial charge in [-0.05, 0) is 80.7 Å². The number of hydrogen-bond acceptors (Lipinski definition) is 10. The van der Waals surface area contributed by atoms with Crippen molar-refractivity contribution in [2.75, 3.05) is 27.4 Å². The molecule has 49 heavy (non-hydrogen) atoms. The van der Waals surface area contributed by atoms with Crippen molar-refractivity contribution < 1.29 is 37.6 Å². The zero-order valence-corrected chi connectivity index (χ0v) is 32.9. The number of amidine groups is 1. The molecule has 2 aliphatic heterocycles. The molecular formula is C37H56N2O8SSi. The van der Waals surface area contributed by atoms with Crippen molar-refractivity contribution in [2.45, 2.75) is 122 Å². The van der Waals surface area contributed by atoms with E-state index in [2.05, 4.69) is 33.9 Å². The number of thioether (sulfide) groups is 1. The van der Waals surface area contributed by atoms with Gasteiger partial charge in [0.1, 0.15) is 46.9 Å². The molecule has 272 valence electrons. The highest BCUT2D eigenvalue weighted by molar-refractivity contribution is 8.14. The molecule has 0 bridgehead atoms. The monoisotopic (exact) mass is 716 g/mol. The number of benzene rings is 2. The molecule has 0 spiro atoms. The summed E-state index contributed by atoms with van der Waals surface area (Å²) >= 11 is 1.43. The van der Waals surface area contributed by atoms with E-state index in [0.717, 1.165) is 29.0 Å². The molecule has 10 nitrogen and oxygen atoms in total. The van der Waals surface area contributed by atoms with E-state index >= 15 is 0 Å². The molecule has 5 atom stereocenters. The van der Waals surface area contributed by atoms with Gasteiger partial charge in [-0.2, -0.15) is 0 Å². The number of rotatable bonds is 13. The van der Waals surface area contributed by atoms with Gasteiger partial charge in [0.15, 0.2) is 13.5 Å². The lowest BCUT2D eigenvalue weighted by Crippen LogP contribution is -2.59. The fraction of sp³-hybridized carbons (Fsp3) is 0.622. The van der Waals surface area contributed by atoms with Crippen LogP contribution in [0.15, 0.2) is 53.5 Å². The van der Waals surface area contributed by atoms with Crippen molar-refractivity contribution >= 4 is 31.3 Å². The normalized spacial score (nSPS) is 22.7. The summed E-state index contributed by atoms with van der Waals surface area (Å²) < 4.78 is 43.6. The summed E-state index contributed by atoms with van der Waals surface area (Å²) in [6, 6.07) is 15.2. The maximum absolute atomic E-state index is 13.4. The number of ether oxygens (including phenoxy) is 6. The van der Waals surface area contributed by atoms with Gasteiger partial charge in [0.25, 0.3) is 0 Å². The Hall–Kier alpha value is -2.61. The lowest BCUT2D eigenvalue weighted by molar-refractivity contribution is -0.204. The minimum absolute atomic E-state index is 0.0143. The molecule has 1 saturated heterocycles. The van der Waals surface area contributed by atoms with E-state index in [1.165, 1.54) is 11.8 Å². The maximum Gasteiger partial charge on any atom is 0.416 e. The molecule has 12 heteroatoms. The van der Waals surface area contributed by atoms with E-state index < -0.39 is 49.8 Å². The van der Waals surface area contributed by atoms with Crippen molar-refractivity contribution in [1.82, 2.24) is 4.90 Å². The zero-order valence-electron chi connectivity index (χ0n) is 31.1. The van der Waals surface area contributed by atoms with Crippen molar-refractivity contribution in [2.24, 2.45) is 4.99 Å². The van der Waals surface area contributed by atoms with Crippen LogP contribution < -0.4 is 9.47 Å². The van der Waals surface area contributed by atoms with Crippen LogP contribution in [0.3, 0.4) is 0 Å². The Morgan fingerprint density at radius 2 is 1.41 bits per heavy atom. The highest BCUT2D eigenvalue weighted by Crippen LogP contribution is 2.42. The predicted octanol–water partition coefficient (Wildman–Crippen LogP) is 8.04. The van der Waals surface area contributed by atoms with E-state index in [4.69, 9.17) is 37.8 Å². The van der Waals surface area contributed by atoms with Crippen molar-refractivity contribution in [3.63, 3.8) is 0 Å². The molecule has 2 heterocycles. The molecule has 0 radical (unpaired) electrons. The van der Waals surface area contributed by atoms with Crippen LogP contribution in [0.2, 0.25) is 18.1 Å². The number of methoxy groups -OCH3 is 2. The average molecular weight is 717 g/mol. The third-order valence-electron chi connectivity index (χ3n) is 9.01. The van der Waals surface area contributed by atoms with Crippen molar-refractivity contribution in [3.05, 3.63) is 59.7 Å². The van der Waals surface area contributed by atoms with Crippen LogP contribution in [0.4, 0.5) is 4.79 Å². The first-order valence-corrected chi connectivity index (χ1v) is 20.9. The molecule has 1 fully saturated rings. The number of fused-ring (bicyclic) bond motifs is 1. The second-order valence-corrected chi connectivity index (χ2v) is 20.9. The largest absolute Gasteiger partial charge is 0.497 e. The van der Waals surface area contributed by atoms with Gasteiger partial charge in [0.05, 0.1) is 34.0 Å². The highest BCUT2D eigenvalue weighted by Gasteiger charge is 2.52. The van der Waals surface area contributed by atoms with Crippen LogP contribution in [0.25, 0.3) is 0 Å². The third kappa shape index (κ3) is 10.5. The van der Waals surface area contributed by atoms with Gasteiger partial charge < -0.3 is 32.8 Å². The fourth-order valence-electron chi connectivity index (χ4n) is 5.19. The van der Waals surface area contributed by atoms with Gasteiger partial charge in [-0.15, -0.1) is 0 Å². The van der Waals surface area contributed by atoms with Crippen LogP contribution in [-0.4, -0.2) is 87.2 Å². The minimum Gasteiger partial charge on any atom is -0.497 e. The number of hydrogen-bond donors (Lipinski definition) is 0. The Morgan fingerprint density at radius 3 is 1.88 bits per heavy atom. The molecule has 4 rings (SSSR count). The summed E-state index contributed by atoms with van der Waals surface area (Å²) in [5, 5.41) is 0.574. The second kappa shape index (κ2) is 16.6. The van der Waals surface area contributed by atoms with Crippen LogP contribution in [0, 0.1) is 0 Å². The van der Waals surface area contributed by atoms with Crippen LogP contribution >= 0.6 is 11.8 Å². The summed E-state index contributed by atoms with van der Waals surface area (Å²) in [6.07, 6.45) is -1.16. The molecule has 0 N–H and O–H groups in total. The zero-order chi connectivity index (χ0) is 36.0. The minimum atomic E-state index is -2.14. The summed E-state index contributed by atoms with van der Waals surface area (Å²) in [5.41, 5.74) is 0.923. The van der Waals surface area contributed by atoms with Gasteiger partial charge in [0, 0.05) is 6.54 Å². The van der Waals surface area contributed by atoms with Gasteiger partial charge in [-0.25, -0.2) is 4.79 Å². The SMILES string of the molecule is CCCN(C(=O)OC(C)(C)C)C1=NC2C(O[C@H](CO[Si](C)(C)C(C)(C)C)[C@@H](OCc3ccc(OC)cc3)[C@@H]2OCc2ccc(OC)cc2)S1. The highest BCUT2D eigenvalue weighted by atomic mass is 32.2. The molecule has 2 aliphatic rings. The number of carbonyl (C=O) groups excluding carboxylic acids is 1. The Labute approximate surface area is 298 Å². The Kier molecular flexibility index (Phi) is 13.3. The maximum atomic E-state index is 13.4. The molecule has 2 unspecified atom stereocenters. The summed E-state index contributed by atoms with van der Waals surface area (Å²) in [4.78, 5) is 20.1. The summed E-state index contributed by atoms with van der Waals surface area (Å²) in [5.74, 6) is 1.55. The van der Waals surface area contributed by atoms with E-state index in [-0.39, 0.29) is 5.04 Å². The van der Waals surface area contributed by atoms with E-state index in [1.54, 1.807) is 19.1 Å². The first-order chi connectivity index (χ1) is 23.0. The van der Waals surface area contributed by atoms with Crippen molar-refractivity contribution in [3.8, 4) is 11.5 Å². The Morgan fingerprint density at radius 1 is 0.878 bits per heavy atom. The predicted molar refractivity (Wildman–Crippen MR) is 197 cm³/mol. The van der Waals surface area contributed by atoms with E-state index in [1.807, 2.05) is 76.2 Å². The van der Waals surface area contributed by atoms with Gasteiger partial charge in [-0.1, -0.05) is 63.7 Å². The van der Waals surface area contributed by atoms with Crippen LogP contribution in [0.5, 0.6) is 11.5 Å². The lowest BCUT2D eigenvalue weighted by atomic mass is 9.97. The number of aliphatic imine (C=N–C) groups is 1. The quantitative estimate of drug-likeness (QED) is 0.191. The molecular weight excluding hydrogens is 661 g/mol. The van der Waals surface area contributed by atoms with Gasteiger partial charge >= 0.3 is 6.09 Å². The van der Waals surface area contributed by atoms with Gasteiger partial charge in [0.2, 0.25) is 0 Å². The Bertz CT molecular complexity index is 1390. The topological polar surface area (TPSA) is 97.3 Å². The molecule has 2 aromatic carbocycles. The van der Waals surface area contributed by atoms with E-state index in [0.29, 0.717) is 31.5 Å². The lowest BCUT2D eigenvalue weighted by Gasteiger charge is -2.44. The second-order valence-electron chi connectivity index (χ2n) is 15.0. The standard InChI is InChI=1S/C37H56N2O8SSi/c1-12-21-39(35(40)47-36(2,3)4)34-38-30-32(44-23-26-15-19-28(42-9)20-16-26)31(43-22-25-13-17-27(41-8)18-14-25)29(46-33(30)48-34)24-45-49(10,11)37(5,6)7/h13-20,29-33H,12,21-24H2,1-11H3/t29-,30?,31-,32-,33?/m1/s1. The molecule has 0 saturated carbocycles. The Balaban J connectivity index is 1.69. The van der Waals surface area contributed by atoms with Crippen molar-refractivity contribution in [1.29, 1.82) is 0 Å². The summed E-state index contributed by atoms with van der Waals surface area (Å²) in [6.45, 7) is 20.2.